The Morgan fingerprint density at radius 1 is 0.571 bits per heavy atom. The molecule has 0 aromatic heterocycles. The van der Waals surface area contributed by atoms with Gasteiger partial charge in [-0.15, -0.1) is 0 Å². The van der Waals surface area contributed by atoms with Gasteiger partial charge in [0.05, 0.1) is 0 Å². The summed E-state index contributed by atoms with van der Waals surface area (Å²) in [6, 6.07) is 0. The highest BCUT2D eigenvalue weighted by molar-refractivity contribution is 9.09. The van der Waals surface area contributed by atoms with Crippen molar-refractivity contribution in [1.29, 1.82) is 0 Å². The van der Waals surface area contributed by atoms with Gasteiger partial charge in [0.1, 0.15) is 0 Å². The van der Waals surface area contributed by atoms with Crippen LogP contribution in [0.25, 0.3) is 0 Å². The van der Waals surface area contributed by atoms with Crippen molar-refractivity contribution in [3.8, 4) is 0 Å². The molecular weight excluding hydrogens is 320 g/mol. The van der Waals surface area contributed by atoms with E-state index in [-0.39, 0.29) is 0 Å². The summed E-state index contributed by atoms with van der Waals surface area (Å²) >= 11 is 3.46. The zero-order chi connectivity index (χ0) is 15.4. The third-order valence-corrected chi connectivity index (χ3v) is 3.77. The quantitative estimate of drug-likeness (QED) is 0.172. The van der Waals surface area contributed by atoms with Crippen molar-refractivity contribution < 1.29 is 0 Å². The highest BCUT2D eigenvalue weighted by Crippen LogP contribution is 2.03. The van der Waals surface area contributed by atoms with Gasteiger partial charge in [0.15, 0.2) is 0 Å². The summed E-state index contributed by atoms with van der Waals surface area (Å²) in [7, 11) is 0. The second kappa shape index (κ2) is 19.4. The largest absolute Gasteiger partial charge is 0.0928 e. The van der Waals surface area contributed by atoms with Crippen molar-refractivity contribution in [3.63, 3.8) is 0 Å². The van der Waals surface area contributed by atoms with E-state index >= 15 is 0 Å². The molecule has 0 N–H and O–H groups in total. The minimum absolute atomic E-state index is 1.06. The minimum atomic E-state index is 1.06. The molecule has 0 aliphatic heterocycles. The maximum atomic E-state index is 3.46. The lowest BCUT2D eigenvalue weighted by Gasteiger charge is -1.92. The van der Waals surface area contributed by atoms with Crippen molar-refractivity contribution >= 4 is 15.9 Å². The summed E-state index contributed by atoms with van der Waals surface area (Å²) in [6.45, 7) is 2.24. The van der Waals surface area contributed by atoms with E-state index in [1.807, 2.05) is 0 Å². The zero-order valence-corrected chi connectivity index (χ0v) is 15.4. The Morgan fingerprint density at radius 3 is 1.52 bits per heavy atom. The van der Waals surface area contributed by atoms with Gasteiger partial charge in [0, 0.05) is 5.33 Å². The fourth-order valence-corrected chi connectivity index (χ4v) is 2.30. The maximum absolute atomic E-state index is 3.46. The molecule has 0 nitrogen and oxygen atoms in total. The normalized spacial score (nSPS) is 12.7. The van der Waals surface area contributed by atoms with Crippen LogP contribution in [-0.4, -0.2) is 5.33 Å². The van der Waals surface area contributed by atoms with Crippen LogP contribution >= 0.6 is 15.9 Å². The number of rotatable bonds is 14. The first-order valence-corrected chi connectivity index (χ1v) is 9.70. The summed E-state index contributed by atoms with van der Waals surface area (Å²) in [5, 5.41) is 1.14. The Labute approximate surface area is 141 Å². The van der Waals surface area contributed by atoms with Crippen molar-refractivity contribution in [2.45, 2.75) is 71.1 Å². The summed E-state index contributed by atoms with van der Waals surface area (Å²) in [5.41, 5.74) is 0. The van der Waals surface area contributed by atoms with Crippen LogP contribution in [0.1, 0.15) is 71.1 Å². The van der Waals surface area contributed by atoms with Gasteiger partial charge in [-0.05, 0) is 44.9 Å². The fourth-order valence-electron chi connectivity index (χ4n) is 1.90. The Bertz CT molecular complexity index is 297. The van der Waals surface area contributed by atoms with Crippen LogP contribution in [0.5, 0.6) is 0 Å². The molecule has 1 heteroatoms. The molecule has 0 aliphatic carbocycles. The molecule has 0 saturated carbocycles. The number of unbranched alkanes of at least 4 members (excludes halogenated alkanes) is 5. The predicted molar refractivity (Wildman–Crippen MR) is 102 cm³/mol. The number of hydrogen-bond donors (Lipinski definition) is 0. The topological polar surface area (TPSA) is 0 Å². The van der Waals surface area contributed by atoms with Crippen LogP contribution in [0.15, 0.2) is 48.6 Å². The molecule has 0 aromatic carbocycles. The smallest absolute Gasteiger partial charge is 0.00313 e. The molecule has 21 heavy (non-hydrogen) atoms. The molecular formula is C20H33Br. The third kappa shape index (κ3) is 19.4. The van der Waals surface area contributed by atoms with Gasteiger partial charge in [-0.1, -0.05) is 90.7 Å². The van der Waals surface area contributed by atoms with Crippen LogP contribution in [0.2, 0.25) is 0 Å². The van der Waals surface area contributed by atoms with Gasteiger partial charge in [-0.3, -0.25) is 0 Å². The number of halogens is 1. The van der Waals surface area contributed by atoms with Crippen molar-refractivity contribution in [3.05, 3.63) is 48.6 Å². The number of hydrogen-bond acceptors (Lipinski definition) is 0. The monoisotopic (exact) mass is 352 g/mol. The van der Waals surface area contributed by atoms with Gasteiger partial charge < -0.3 is 0 Å². The van der Waals surface area contributed by atoms with E-state index in [1.165, 1.54) is 44.9 Å². The molecule has 0 atom stereocenters. The minimum Gasteiger partial charge on any atom is -0.0928 e. The molecule has 0 bridgehead atoms. The molecule has 0 amide bonds. The first kappa shape index (κ1) is 20.4. The Morgan fingerprint density at radius 2 is 1.05 bits per heavy atom. The maximum Gasteiger partial charge on any atom is 0.00313 e. The van der Waals surface area contributed by atoms with E-state index in [1.54, 1.807) is 0 Å². The summed E-state index contributed by atoms with van der Waals surface area (Å²) in [5.74, 6) is 0. The molecule has 0 rings (SSSR count). The van der Waals surface area contributed by atoms with Crippen LogP contribution in [0.4, 0.5) is 0 Å². The molecule has 0 radical (unpaired) electrons. The van der Waals surface area contributed by atoms with Crippen molar-refractivity contribution in [2.24, 2.45) is 0 Å². The van der Waals surface area contributed by atoms with Gasteiger partial charge in [-0.2, -0.15) is 0 Å². The van der Waals surface area contributed by atoms with Crippen molar-refractivity contribution in [1.82, 2.24) is 0 Å². The average molecular weight is 353 g/mol. The number of alkyl halides is 1. The summed E-state index contributed by atoms with van der Waals surface area (Å²) in [4.78, 5) is 0. The standard InChI is InChI=1S/C20H33Br/c1-2-3-4-5-6-7-8-9-10-11-12-13-14-15-16-17-18-19-20-21/h5-6,8-9,11-12,14-15H,2-4,7,10,13,16-20H2,1H3. The Balaban J connectivity index is 3.35. The predicted octanol–water partition coefficient (Wildman–Crippen LogP) is 7.53. The third-order valence-electron chi connectivity index (χ3n) is 3.21. The summed E-state index contributed by atoms with van der Waals surface area (Å²) < 4.78 is 0. The van der Waals surface area contributed by atoms with E-state index in [0.717, 1.165) is 24.6 Å². The average Bonchev–Trinajstić information content (AvgIpc) is 2.50. The lowest BCUT2D eigenvalue weighted by atomic mass is 10.2. The molecule has 0 spiro atoms. The highest BCUT2D eigenvalue weighted by atomic mass is 79.9. The van der Waals surface area contributed by atoms with Crippen LogP contribution in [0, 0.1) is 0 Å². The zero-order valence-electron chi connectivity index (χ0n) is 13.8. The highest BCUT2D eigenvalue weighted by Gasteiger charge is 1.84. The van der Waals surface area contributed by atoms with E-state index < -0.39 is 0 Å². The lowest BCUT2D eigenvalue weighted by Crippen LogP contribution is -1.75. The Kier molecular flexibility index (Phi) is 18.9. The fraction of sp³-hybridized carbons (Fsp3) is 0.600. The molecule has 120 valence electrons. The van der Waals surface area contributed by atoms with Crippen LogP contribution < -0.4 is 0 Å². The second-order valence-electron chi connectivity index (χ2n) is 5.27. The second-order valence-corrected chi connectivity index (χ2v) is 6.07. The first-order valence-electron chi connectivity index (χ1n) is 8.57. The number of allylic oxidation sites excluding steroid dienone is 8. The molecule has 0 aliphatic rings. The lowest BCUT2D eigenvalue weighted by molar-refractivity contribution is 0.736. The van der Waals surface area contributed by atoms with E-state index in [4.69, 9.17) is 0 Å². The summed E-state index contributed by atoms with van der Waals surface area (Å²) in [6.07, 6.45) is 30.4. The first-order chi connectivity index (χ1) is 10.4. The van der Waals surface area contributed by atoms with Gasteiger partial charge in [-0.25, -0.2) is 0 Å². The van der Waals surface area contributed by atoms with E-state index in [2.05, 4.69) is 71.5 Å². The van der Waals surface area contributed by atoms with E-state index in [9.17, 15) is 0 Å². The molecule has 0 aromatic rings. The molecule has 0 unspecified atom stereocenters. The van der Waals surface area contributed by atoms with Crippen LogP contribution in [0.3, 0.4) is 0 Å². The van der Waals surface area contributed by atoms with Crippen LogP contribution in [-0.2, 0) is 0 Å². The molecule has 0 fully saturated rings. The van der Waals surface area contributed by atoms with Crippen molar-refractivity contribution in [2.75, 3.05) is 5.33 Å². The molecule has 0 heterocycles. The van der Waals surface area contributed by atoms with Gasteiger partial charge in [0.2, 0.25) is 0 Å². The Hall–Kier alpha value is -0.560. The van der Waals surface area contributed by atoms with E-state index in [0.29, 0.717) is 0 Å². The van der Waals surface area contributed by atoms with Gasteiger partial charge >= 0.3 is 0 Å². The van der Waals surface area contributed by atoms with Gasteiger partial charge in [0.25, 0.3) is 0 Å². The SMILES string of the molecule is CCCCC=CCC=CCC=CCC=CCCCCCBr. The molecule has 0 saturated heterocycles.